The predicted octanol–water partition coefficient (Wildman–Crippen LogP) is 5.44. The average molecular weight is 186 g/mol. The van der Waals surface area contributed by atoms with E-state index in [1.54, 1.807) is 6.08 Å². The first kappa shape index (κ1) is 18.5. The molecule has 0 bridgehead atoms. The molecule has 0 saturated heterocycles. The molecule has 0 aromatic heterocycles. The van der Waals surface area contributed by atoms with Crippen molar-refractivity contribution >= 4 is 0 Å². The van der Waals surface area contributed by atoms with Crippen molar-refractivity contribution in [3.05, 3.63) is 12.7 Å². The molecule has 0 radical (unpaired) electrons. The molecular weight excluding hydrogens is 156 g/mol. The first-order valence-electron chi connectivity index (χ1n) is 5.79. The Morgan fingerprint density at radius 3 is 1.46 bits per heavy atom. The highest BCUT2D eigenvalue weighted by Crippen LogP contribution is 2.10. The minimum Gasteiger partial charge on any atom is -0.103 e. The molecule has 0 aliphatic heterocycles. The molecule has 0 unspecified atom stereocenters. The summed E-state index contributed by atoms with van der Waals surface area (Å²) in [6, 6.07) is 0. The molecule has 0 aromatic carbocycles. The maximum Gasteiger partial charge on any atom is -0.0443 e. The Labute approximate surface area is 86.4 Å². The monoisotopic (exact) mass is 186 g/mol. The zero-order valence-electron chi connectivity index (χ0n) is 10.7. The summed E-state index contributed by atoms with van der Waals surface area (Å²) >= 11 is 0. The van der Waals surface area contributed by atoms with Gasteiger partial charge in [-0.2, -0.15) is 0 Å². The molecule has 82 valence electrons. The molecule has 0 spiro atoms. The number of hydrogen-bond donors (Lipinski definition) is 0. The standard InChI is InChI=1S/C8H18.C3H6.C2H6/c1-4-6-8(3)7-5-2;1-3-2;1-2/h8H,4-7H2,1-3H3;3H,1H2,2H3;1-2H3. The molecule has 0 heteroatoms. The van der Waals surface area contributed by atoms with Crippen molar-refractivity contribution in [2.24, 2.45) is 5.92 Å². The van der Waals surface area contributed by atoms with Crippen LogP contribution in [0.3, 0.4) is 0 Å². The molecule has 0 fully saturated rings. The van der Waals surface area contributed by atoms with Crippen LogP contribution in [0, 0.1) is 5.92 Å². The average Bonchev–Trinajstić information content (AvgIpc) is 2.10. The highest BCUT2D eigenvalue weighted by molar-refractivity contribution is 4.51. The van der Waals surface area contributed by atoms with E-state index in [2.05, 4.69) is 27.4 Å². The summed E-state index contributed by atoms with van der Waals surface area (Å²) in [5.41, 5.74) is 0. The van der Waals surface area contributed by atoms with E-state index in [-0.39, 0.29) is 0 Å². The smallest absolute Gasteiger partial charge is 0.0443 e. The van der Waals surface area contributed by atoms with E-state index < -0.39 is 0 Å². The maximum atomic E-state index is 3.36. The van der Waals surface area contributed by atoms with Crippen LogP contribution in [-0.2, 0) is 0 Å². The third kappa shape index (κ3) is 33.8. The van der Waals surface area contributed by atoms with Crippen LogP contribution in [0.25, 0.3) is 0 Å². The lowest BCUT2D eigenvalue weighted by molar-refractivity contribution is 0.480. The molecule has 0 nitrogen and oxygen atoms in total. The summed E-state index contributed by atoms with van der Waals surface area (Å²) in [4.78, 5) is 0. The Bertz CT molecular complexity index is 58.4. The van der Waals surface area contributed by atoms with E-state index in [4.69, 9.17) is 0 Å². The van der Waals surface area contributed by atoms with Crippen LogP contribution < -0.4 is 0 Å². The molecule has 0 saturated carbocycles. The Hall–Kier alpha value is -0.260. The fraction of sp³-hybridized carbons (Fsp3) is 0.846. The molecule has 0 aromatic rings. The summed E-state index contributed by atoms with van der Waals surface area (Å²) in [6.07, 6.45) is 7.27. The van der Waals surface area contributed by atoms with Crippen LogP contribution in [0.4, 0.5) is 0 Å². The fourth-order valence-corrected chi connectivity index (χ4v) is 1.13. The minimum atomic E-state index is 0.963. The first-order valence-corrected chi connectivity index (χ1v) is 5.79. The van der Waals surface area contributed by atoms with Gasteiger partial charge < -0.3 is 0 Å². The van der Waals surface area contributed by atoms with Crippen molar-refractivity contribution in [2.45, 2.75) is 67.2 Å². The van der Waals surface area contributed by atoms with E-state index in [1.807, 2.05) is 20.8 Å². The van der Waals surface area contributed by atoms with Gasteiger partial charge >= 0.3 is 0 Å². The summed E-state index contributed by atoms with van der Waals surface area (Å²) in [5.74, 6) is 0.963. The molecule has 0 atom stereocenters. The topological polar surface area (TPSA) is 0 Å². The van der Waals surface area contributed by atoms with Crippen molar-refractivity contribution in [1.82, 2.24) is 0 Å². The lowest BCUT2D eigenvalue weighted by atomic mass is 10.0. The normalized spacial score (nSPS) is 7.92. The molecule has 0 amide bonds. The quantitative estimate of drug-likeness (QED) is 0.513. The van der Waals surface area contributed by atoms with Gasteiger partial charge in [-0.25, -0.2) is 0 Å². The van der Waals surface area contributed by atoms with Gasteiger partial charge in [0.15, 0.2) is 0 Å². The number of rotatable bonds is 4. The third-order valence-corrected chi connectivity index (χ3v) is 1.56. The summed E-state index contributed by atoms with van der Waals surface area (Å²) in [7, 11) is 0. The first-order chi connectivity index (χ1) is 6.22. The predicted molar refractivity (Wildman–Crippen MR) is 66.2 cm³/mol. The van der Waals surface area contributed by atoms with Gasteiger partial charge in [0.1, 0.15) is 0 Å². The highest BCUT2D eigenvalue weighted by atomic mass is 14.0. The van der Waals surface area contributed by atoms with Gasteiger partial charge in [0.25, 0.3) is 0 Å². The van der Waals surface area contributed by atoms with Crippen molar-refractivity contribution in [2.75, 3.05) is 0 Å². The van der Waals surface area contributed by atoms with E-state index in [9.17, 15) is 0 Å². The molecule has 0 aliphatic carbocycles. The second kappa shape index (κ2) is 22.6. The van der Waals surface area contributed by atoms with Crippen molar-refractivity contribution in [1.29, 1.82) is 0 Å². The Morgan fingerprint density at radius 2 is 1.31 bits per heavy atom. The van der Waals surface area contributed by atoms with Gasteiger partial charge in [-0.15, -0.1) is 6.58 Å². The summed E-state index contributed by atoms with van der Waals surface area (Å²) in [5, 5.41) is 0. The van der Waals surface area contributed by atoms with E-state index in [1.165, 1.54) is 25.7 Å². The number of allylic oxidation sites excluding steroid dienone is 1. The largest absolute Gasteiger partial charge is 0.103 e. The highest BCUT2D eigenvalue weighted by Gasteiger charge is 1.95. The summed E-state index contributed by atoms with van der Waals surface area (Å²) < 4.78 is 0. The van der Waals surface area contributed by atoms with Crippen LogP contribution in [-0.4, -0.2) is 0 Å². The Morgan fingerprint density at radius 1 is 1.08 bits per heavy atom. The van der Waals surface area contributed by atoms with Crippen LogP contribution in [0.1, 0.15) is 67.2 Å². The zero-order chi connectivity index (χ0) is 11.1. The molecule has 0 heterocycles. The second-order valence-corrected chi connectivity index (χ2v) is 3.09. The van der Waals surface area contributed by atoms with Crippen LogP contribution in [0.15, 0.2) is 12.7 Å². The van der Waals surface area contributed by atoms with Gasteiger partial charge in [0.2, 0.25) is 0 Å². The summed E-state index contributed by atoms with van der Waals surface area (Å²) in [6.45, 7) is 16.1. The molecule has 0 N–H and O–H groups in total. The molecule has 0 aliphatic rings. The van der Waals surface area contributed by atoms with Crippen molar-refractivity contribution in [3.8, 4) is 0 Å². The van der Waals surface area contributed by atoms with Crippen molar-refractivity contribution in [3.63, 3.8) is 0 Å². The van der Waals surface area contributed by atoms with Gasteiger partial charge in [0.05, 0.1) is 0 Å². The van der Waals surface area contributed by atoms with Gasteiger partial charge in [-0.05, 0) is 12.8 Å². The van der Waals surface area contributed by atoms with Crippen LogP contribution >= 0.6 is 0 Å². The van der Waals surface area contributed by atoms with Crippen LogP contribution in [0.5, 0.6) is 0 Å². The van der Waals surface area contributed by atoms with E-state index >= 15 is 0 Å². The zero-order valence-corrected chi connectivity index (χ0v) is 10.7. The third-order valence-electron chi connectivity index (χ3n) is 1.56. The molecule has 13 heavy (non-hydrogen) atoms. The lowest BCUT2D eigenvalue weighted by Crippen LogP contribution is -1.91. The second-order valence-electron chi connectivity index (χ2n) is 3.09. The van der Waals surface area contributed by atoms with Gasteiger partial charge in [0, 0.05) is 0 Å². The fourth-order valence-electron chi connectivity index (χ4n) is 1.13. The lowest BCUT2D eigenvalue weighted by Gasteiger charge is -2.05. The molecule has 0 rings (SSSR count). The number of hydrogen-bond acceptors (Lipinski definition) is 0. The maximum absolute atomic E-state index is 3.36. The molecular formula is C13H30. The Balaban J connectivity index is -0.000000169. The Kier molecular flexibility index (Phi) is 32.2. The van der Waals surface area contributed by atoms with Crippen LogP contribution in [0.2, 0.25) is 0 Å². The van der Waals surface area contributed by atoms with Gasteiger partial charge in [-0.1, -0.05) is 66.4 Å². The minimum absolute atomic E-state index is 0.963. The van der Waals surface area contributed by atoms with E-state index in [0.29, 0.717) is 0 Å². The SMILES string of the molecule is C=CC.CC.CCCC(C)CCC. The van der Waals surface area contributed by atoms with Gasteiger partial charge in [-0.3, -0.25) is 0 Å². The van der Waals surface area contributed by atoms with Crippen molar-refractivity contribution < 1.29 is 0 Å². The van der Waals surface area contributed by atoms with E-state index in [0.717, 1.165) is 5.92 Å².